The first-order valence-corrected chi connectivity index (χ1v) is 12.5. The third-order valence-electron chi connectivity index (χ3n) is 6.06. The molecular formula is C22H27ClN4O4S. The number of benzene rings is 1. The molecule has 0 spiro atoms. The Bertz CT molecular complexity index is 1060. The summed E-state index contributed by atoms with van der Waals surface area (Å²) in [7, 11) is -2.12. The molecule has 2 aliphatic heterocycles. The van der Waals surface area contributed by atoms with Crippen molar-refractivity contribution in [3.8, 4) is 5.75 Å². The SMILES string of the molecule is COc1ccc(S(=O)(=O)N2CCCC(C(=O)N3CCN(c4ncccc4Cl)CC3)C2)cc1. The Kier molecular flexibility index (Phi) is 6.88. The fourth-order valence-electron chi connectivity index (χ4n) is 4.27. The number of piperidine rings is 1. The molecule has 10 heteroatoms. The van der Waals surface area contributed by atoms with Crippen LogP contribution in [0.15, 0.2) is 47.5 Å². The molecule has 1 amide bonds. The molecule has 3 heterocycles. The van der Waals surface area contributed by atoms with Crippen molar-refractivity contribution < 1.29 is 17.9 Å². The van der Waals surface area contributed by atoms with Crippen LogP contribution in [0.25, 0.3) is 0 Å². The topological polar surface area (TPSA) is 83.0 Å². The Morgan fingerprint density at radius 1 is 1.09 bits per heavy atom. The molecule has 2 aromatic rings. The maximum absolute atomic E-state index is 13.2. The summed E-state index contributed by atoms with van der Waals surface area (Å²) in [5, 5.41) is 0.596. The lowest BCUT2D eigenvalue weighted by Gasteiger charge is -2.39. The van der Waals surface area contributed by atoms with Crippen LogP contribution in [-0.4, -0.2) is 74.9 Å². The molecule has 0 N–H and O–H groups in total. The zero-order valence-electron chi connectivity index (χ0n) is 18.0. The highest BCUT2D eigenvalue weighted by Crippen LogP contribution is 2.27. The fraction of sp³-hybridized carbons (Fsp3) is 0.455. The molecule has 1 unspecified atom stereocenters. The van der Waals surface area contributed by atoms with Crippen LogP contribution in [0.3, 0.4) is 0 Å². The summed E-state index contributed by atoms with van der Waals surface area (Å²) in [6, 6.07) is 9.95. The number of piperazine rings is 1. The Morgan fingerprint density at radius 2 is 1.81 bits per heavy atom. The molecule has 4 rings (SSSR count). The van der Waals surface area contributed by atoms with E-state index < -0.39 is 10.0 Å². The van der Waals surface area contributed by atoms with Gasteiger partial charge in [0.2, 0.25) is 15.9 Å². The minimum atomic E-state index is -3.66. The van der Waals surface area contributed by atoms with E-state index in [1.165, 1.54) is 11.4 Å². The number of carbonyl (C=O) groups is 1. The van der Waals surface area contributed by atoms with Crippen LogP contribution in [0, 0.1) is 5.92 Å². The van der Waals surface area contributed by atoms with Crippen molar-refractivity contribution in [3.05, 3.63) is 47.6 Å². The van der Waals surface area contributed by atoms with Gasteiger partial charge in [-0.3, -0.25) is 4.79 Å². The number of carbonyl (C=O) groups excluding carboxylic acids is 1. The third kappa shape index (κ3) is 4.69. The van der Waals surface area contributed by atoms with Crippen LogP contribution in [-0.2, 0) is 14.8 Å². The van der Waals surface area contributed by atoms with Gasteiger partial charge in [0.1, 0.15) is 11.6 Å². The van der Waals surface area contributed by atoms with Crippen molar-refractivity contribution in [1.82, 2.24) is 14.2 Å². The fourth-order valence-corrected chi connectivity index (χ4v) is 6.03. The smallest absolute Gasteiger partial charge is 0.243 e. The van der Waals surface area contributed by atoms with Gasteiger partial charge in [0.15, 0.2) is 0 Å². The Hall–Kier alpha value is -2.36. The Balaban J connectivity index is 1.39. The van der Waals surface area contributed by atoms with E-state index in [2.05, 4.69) is 9.88 Å². The average molecular weight is 479 g/mol. The monoisotopic (exact) mass is 478 g/mol. The van der Waals surface area contributed by atoms with Crippen molar-refractivity contribution >= 4 is 33.3 Å². The highest BCUT2D eigenvalue weighted by Gasteiger charge is 2.36. The van der Waals surface area contributed by atoms with Gasteiger partial charge in [0.05, 0.1) is 22.9 Å². The number of methoxy groups -OCH3 is 1. The molecule has 0 radical (unpaired) electrons. The average Bonchev–Trinajstić information content (AvgIpc) is 2.84. The van der Waals surface area contributed by atoms with Gasteiger partial charge in [0.25, 0.3) is 0 Å². The highest BCUT2D eigenvalue weighted by atomic mass is 35.5. The predicted octanol–water partition coefficient (Wildman–Crippen LogP) is 2.49. The van der Waals surface area contributed by atoms with E-state index in [0.29, 0.717) is 56.3 Å². The van der Waals surface area contributed by atoms with Crippen LogP contribution < -0.4 is 9.64 Å². The first-order chi connectivity index (χ1) is 15.4. The molecule has 0 bridgehead atoms. The molecule has 32 heavy (non-hydrogen) atoms. The summed E-state index contributed by atoms with van der Waals surface area (Å²) in [4.78, 5) is 21.7. The lowest BCUT2D eigenvalue weighted by molar-refractivity contribution is -0.137. The van der Waals surface area contributed by atoms with E-state index in [1.807, 2.05) is 4.90 Å². The lowest BCUT2D eigenvalue weighted by Crippen LogP contribution is -2.53. The molecule has 2 fully saturated rings. The summed E-state index contributed by atoms with van der Waals surface area (Å²) < 4.78 is 32.7. The van der Waals surface area contributed by atoms with Gasteiger partial charge < -0.3 is 14.5 Å². The number of ether oxygens (including phenoxy) is 1. The minimum absolute atomic E-state index is 0.0198. The number of hydrogen-bond donors (Lipinski definition) is 0. The first-order valence-electron chi connectivity index (χ1n) is 10.7. The number of pyridine rings is 1. The molecule has 1 aromatic heterocycles. The molecule has 1 aromatic carbocycles. The third-order valence-corrected chi connectivity index (χ3v) is 8.23. The van der Waals surface area contributed by atoms with Gasteiger partial charge in [-0.1, -0.05) is 11.6 Å². The Labute approximate surface area is 193 Å². The van der Waals surface area contributed by atoms with E-state index in [1.54, 1.807) is 42.6 Å². The van der Waals surface area contributed by atoms with Crippen LogP contribution >= 0.6 is 11.6 Å². The van der Waals surface area contributed by atoms with Gasteiger partial charge in [-0.25, -0.2) is 13.4 Å². The van der Waals surface area contributed by atoms with Gasteiger partial charge in [0, 0.05) is 45.5 Å². The van der Waals surface area contributed by atoms with Crippen molar-refractivity contribution in [2.24, 2.45) is 5.92 Å². The van der Waals surface area contributed by atoms with Crippen LogP contribution in [0.1, 0.15) is 12.8 Å². The molecule has 2 saturated heterocycles. The van der Waals surface area contributed by atoms with Gasteiger partial charge >= 0.3 is 0 Å². The van der Waals surface area contributed by atoms with E-state index in [-0.39, 0.29) is 23.3 Å². The molecule has 0 aliphatic carbocycles. The van der Waals surface area contributed by atoms with Crippen LogP contribution in [0.5, 0.6) is 5.75 Å². The predicted molar refractivity (Wildman–Crippen MR) is 123 cm³/mol. The normalized spacial score (nSPS) is 20.2. The van der Waals surface area contributed by atoms with Crippen LogP contribution in [0.2, 0.25) is 5.02 Å². The first kappa shape index (κ1) is 22.8. The molecule has 2 aliphatic rings. The second kappa shape index (κ2) is 9.64. The van der Waals surface area contributed by atoms with Gasteiger partial charge in [-0.2, -0.15) is 4.31 Å². The summed E-state index contributed by atoms with van der Waals surface area (Å²) in [6.07, 6.45) is 3.06. The Morgan fingerprint density at radius 3 is 2.47 bits per heavy atom. The number of hydrogen-bond acceptors (Lipinski definition) is 6. The second-order valence-electron chi connectivity index (χ2n) is 8.00. The summed E-state index contributed by atoms with van der Waals surface area (Å²) in [5.74, 6) is 1.02. The van der Waals surface area contributed by atoms with Crippen molar-refractivity contribution in [1.29, 1.82) is 0 Å². The zero-order valence-corrected chi connectivity index (χ0v) is 19.6. The maximum Gasteiger partial charge on any atom is 0.243 e. The maximum atomic E-state index is 13.2. The van der Waals surface area contributed by atoms with Crippen molar-refractivity contribution in [3.63, 3.8) is 0 Å². The number of anilines is 1. The summed E-state index contributed by atoms with van der Waals surface area (Å²) in [5.41, 5.74) is 0. The number of halogens is 1. The van der Waals surface area contributed by atoms with E-state index in [4.69, 9.17) is 16.3 Å². The number of rotatable bonds is 5. The summed E-state index contributed by atoms with van der Waals surface area (Å²) >= 11 is 6.25. The lowest BCUT2D eigenvalue weighted by atomic mass is 9.98. The van der Waals surface area contributed by atoms with Crippen molar-refractivity contribution in [2.45, 2.75) is 17.7 Å². The van der Waals surface area contributed by atoms with E-state index in [0.717, 1.165) is 5.82 Å². The van der Waals surface area contributed by atoms with Crippen LogP contribution in [0.4, 0.5) is 5.82 Å². The van der Waals surface area contributed by atoms with Gasteiger partial charge in [-0.05, 0) is 49.2 Å². The minimum Gasteiger partial charge on any atom is -0.497 e. The molecule has 1 atom stereocenters. The molecule has 172 valence electrons. The zero-order chi connectivity index (χ0) is 22.7. The molecular weight excluding hydrogens is 452 g/mol. The highest BCUT2D eigenvalue weighted by molar-refractivity contribution is 7.89. The number of amides is 1. The number of aromatic nitrogens is 1. The molecule has 0 saturated carbocycles. The number of sulfonamides is 1. The number of nitrogens with zero attached hydrogens (tertiary/aromatic N) is 4. The molecule has 8 nitrogen and oxygen atoms in total. The quantitative estimate of drug-likeness (QED) is 0.656. The van der Waals surface area contributed by atoms with Gasteiger partial charge in [-0.15, -0.1) is 0 Å². The largest absolute Gasteiger partial charge is 0.497 e. The van der Waals surface area contributed by atoms with E-state index in [9.17, 15) is 13.2 Å². The van der Waals surface area contributed by atoms with E-state index >= 15 is 0 Å². The summed E-state index contributed by atoms with van der Waals surface area (Å²) in [6.45, 7) is 3.04. The second-order valence-corrected chi connectivity index (χ2v) is 10.3. The standard InChI is InChI=1S/C22H27ClN4O4S/c1-31-18-6-8-19(9-7-18)32(29,30)27-11-3-4-17(16-27)22(28)26-14-12-25(13-15-26)21-20(23)5-2-10-24-21/h2,5-10,17H,3-4,11-16H2,1H3. The van der Waals surface area contributed by atoms with Crippen molar-refractivity contribution in [2.75, 3.05) is 51.3 Å².